The molecule has 1 aliphatic heterocycles. The molecular formula is C20H15Cl2NO5S2. The Balaban J connectivity index is 1.65. The fraction of sp³-hybridized carbons (Fsp3) is 0.200. The quantitative estimate of drug-likeness (QED) is 0.310. The second kappa shape index (κ2) is 9.78. The third kappa shape index (κ3) is 5.51. The summed E-state index contributed by atoms with van der Waals surface area (Å²) in [5.74, 6) is -0.759. The van der Waals surface area contributed by atoms with E-state index in [-0.39, 0.29) is 24.7 Å². The molecule has 1 aliphatic rings. The zero-order valence-corrected chi connectivity index (χ0v) is 18.5. The molecule has 10 heteroatoms. The topological polar surface area (TPSA) is 87.8 Å². The highest BCUT2D eigenvalue weighted by Gasteiger charge is 2.32. The Morgan fingerprint density at radius 3 is 2.67 bits per heavy atom. The molecule has 0 spiro atoms. The van der Waals surface area contributed by atoms with Crippen molar-refractivity contribution in [2.24, 2.45) is 0 Å². The third-order valence-corrected chi connectivity index (χ3v) is 6.28. The zero-order valence-electron chi connectivity index (χ0n) is 15.4. The predicted molar refractivity (Wildman–Crippen MR) is 121 cm³/mol. The summed E-state index contributed by atoms with van der Waals surface area (Å²) < 4.78 is 6.17. The number of nitrogens with zero attached hydrogens (tertiary/aromatic N) is 1. The highest BCUT2D eigenvalue weighted by molar-refractivity contribution is 8.26. The van der Waals surface area contributed by atoms with Crippen molar-refractivity contribution in [3.8, 4) is 11.3 Å². The molecule has 0 radical (unpaired) electrons. The van der Waals surface area contributed by atoms with Gasteiger partial charge in [-0.25, -0.2) is 0 Å². The molecule has 1 amide bonds. The summed E-state index contributed by atoms with van der Waals surface area (Å²) >= 11 is 18.4. The van der Waals surface area contributed by atoms with Gasteiger partial charge in [0, 0.05) is 24.6 Å². The molecule has 0 bridgehead atoms. The molecule has 0 unspecified atom stereocenters. The molecule has 1 aromatic heterocycles. The molecule has 1 aromatic carbocycles. The van der Waals surface area contributed by atoms with Gasteiger partial charge >= 0.3 is 5.97 Å². The van der Waals surface area contributed by atoms with Crippen molar-refractivity contribution in [3.63, 3.8) is 0 Å². The number of amides is 1. The van der Waals surface area contributed by atoms with Gasteiger partial charge in [-0.15, -0.1) is 0 Å². The number of hydrogen-bond donors (Lipinski definition) is 1. The number of Topliss-reactive ketones (excluding diaryl/α,β-unsaturated/α-hetero) is 1. The van der Waals surface area contributed by atoms with Gasteiger partial charge < -0.3 is 9.52 Å². The number of aliphatic carboxylic acids is 1. The normalized spacial score (nSPS) is 15.3. The average Bonchev–Trinajstić information content (AvgIpc) is 3.23. The summed E-state index contributed by atoms with van der Waals surface area (Å²) in [5, 5.41) is 9.47. The summed E-state index contributed by atoms with van der Waals surface area (Å²) in [5.41, 5.74) is 0.752. The van der Waals surface area contributed by atoms with Crippen LogP contribution in [0.5, 0.6) is 0 Å². The number of rotatable bonds is 8. The van der Waals surface area contributed by atoms with Gasteiger partial charge in [-0.05, 0) is 36.8 Å². The lowest BCUT2D eigenvalue weighted by Gasteiger charge is -2.13. The maximum absolute atomic E-state index is 12.6. The minimum Gasteiger partial charge on any atom is -0.481 e. The van der Waals surface area contributed by atoms with Gasteiger partial charge in [0.1, 0.15) is 28.0 Å². The van der Waals surface area contributed by atoms with Crippen molar-refractivity contribution in [2.75, 3.05) is 6.54 Å². The number of thioether (sulfide) groups is 1. The van der Waals surface area contributed by atoms with Crippen molar-refractivity contribution < 1.29 is 23.9 Å². The Morgan fingerprint density at radius 2 is 1.97 bits per heavy atom. The largest absolute Gasteiger partial charge is 0.481 e. The van der Waals surface area contributed by atoms with E-state index in [1.807, 2.05) is 0 Å². The first kappa shape index (κ1) is 22.6. The molecule has 156 valence electrons. The number of furan rings is 1. The van der Waals surface area contributed by atoms with E-state index in [1.54, 1.807) is 36.4 Å². The minimum atomic E-state index is -1.16. The summed E-state index contributed by atoms with van der Waals surface area (Å²) in [7, 11) is 0. The molecule has 1 fully saturated rings. The van der Waals surface area contributed by atoms with E-state index in [9.17, 15) is 14.4 Å². The number of thiocarbonyl (C=S) groups is 1. The first-order valence-corrected chi connectivity index (χ1v) is 10.8. The minimum absolute atomic E-state index is 0.0770. The van der Waals surface area contributed by atoms with Gasteiger partial charge in [-0.1, -0.05) is 47.2 Å². The lowest BCUT2D eigenvalue weighted by molar-refractivity contribution is -0.140. The van der Waals surface area contributed by atoms with Crippen LogP contribution in [0, 0.1) is 0 Å². The van der Waals surface area contributed by atoms with Crippen molar-refractivity contribution in [2.45, 2.75) is 19.3 Å². The van der Waals surface area contributed by atoms with E-state index < -0.39 is 12.4 Å². The van der Waals surface area contributed by atoms with Crippen LogP contribution in [0.2, 0.25) is 10.0 Å². The van der Waals surface area contributed by atoms with Crippen molar-refractivity contribution in [3.05, 3.63) is 51.0 Å². The Bertz CT molecular complexity index is 1060. The monoisotopic (exact) mass is 483 g/mol. The molecule has 30 heavy (non-hydrogen) atoms. The summed E-state index contributed by atoms with van der Waals surface area (Å²) in [4.78, 5) is 36.5. The van der Waals surface area contributed by atoms with Gasteiger partial charge in [0.2, 0.25) is 0 Å². The predicted octanol–water partition coefficient (Wildman–Crippen LogP) is 5.28. The molecule has 1 N–H and O–H groups in total. The Hall–Kier alpha value is -2.13. The van der Waals surface area contributed by atoms with Crippen LogP contribution >= 0.6 is 47.2 Å². The van der Waals surface area contributed by atoms with Crippen LogP contribution in [0.15, 0.2) is 39.7 Å². The number of ketones is 1. The number of carbonyl (C=O) groups excluding carboxylic acids is 2. The van der Waals surface area contributed by atoms with Crippen LogP contribution in [0.4, 0.5) is 0 Å². The summed E-state index contributed by atoms with van der Waals surface area (Å²) in [6, 6.07) is 8.64. The smallest absolute Gasteiger partial charge is 0.310 e. The highest BCUT2D eigenvalue weighted by atomic mass is 35.5. The molecule has 2 aromatic rings. The van der Waals surface area contributed by atoms with Crippen LogP contribution in [0.3, 0.4) is 0 Å². The van der Waals surface area contributed by atoms with Gasteiger partial charge in [0.05, 0.1) is 15.0 Å². The lowest BCUT2D eigenvalue weighted by Crippen LogP contribution is -2.29. The van der Waals surface area contributed by atoms with Crippen molar-refractivity contribution in [1.82, 2.24) is 4.90 Å². The van der Waals surface area contributed by atoms with E-state index >= 15 is 0 Å². The van der Waals surface area contributed by atoms with Crippen LogP contribution in [-0.4, -0.2) is 38.5 Å². The van der Waals surface area contributed by atoms with Gasteiger partial charge in [-0.2, -0.15) is 0 Å². The number of carboxylic acids is 1. The second-order valence-corrected chi connectivity index (χ2v) is 8.87. The number of carbonyl (C=O) groups is 3. The molecule has 6 nitrogen and oxygen atoms in total. The van der Waals surface area contributed by atoms with E-state index in [0.29, 0.717) is 37.2 Å². The Kier molecular flexibility index (Phi) is 7.36. The number of halogens is 2. The molecular weight excluding hydrogens is 469 g/mol. The lowest BCUT2D eigenvalue weighted by atomic mass is 10.1. The standard InChI is InChI=1S/C20H15Cl2NO5S2/c21-14-5-3-11(8-15(14)22)16-6-4-13(28-16)10-17-19(27)23(20(29)30-17)7-1-2-12(24)9-18(25)26/h3-6,8,10H,1-2,7,9H2,(H,25,26)/b17-10+. The Labute approximate surface area is 191 Å². The molecule has 0 saturated carbocycles. The van der Waals surface area contributed by atoms with Crippen LogP contribution in [0.25, 0.3) is 17.4 Å². The molecule has 2 heterocycles. The van der Waals surface area contributed by atoms with E-state index in [2.05, 4.69) is 0 Å². The fourth-order valence-corrected chi connectivity index (χ4v) is 4.34. The van der Waals surface area contributed by atoms with Crippen molar-refractivity contribution in [1.29, 1.82) is 0 Å². The SMILES string of the molecule is O=C(O)CC(=O)CCCN1C(=O)/C(=C\c2ccc(-c3ccc(Cl)c(Cl)c3)o2)SC1=S. The number of hydrogen-bond acceptors (Lipinski definition) is 6. The third-order valence-electron chi connectivity index (χ3n) is 4.16. The van der Waals surface area contributed by atoms with Gasteiger partial charge in [-0.3, -0.25) is 19.3 Å². The summed E-state index contributed by atoms with van der Waals surface area (Å²) in [6.45, 7) is 0.250. The maximum atomic E-state index is 12.6. The molecule has 1 saturated heterocycles. The average molecular weight is 484 g/mol. The zero-order chi connectivity index (χ0) is 21.8. The molecule has 3 rings (SSSR count). The van der Waals surface area contributed by atoms with Crippen LogP contribution in [-0.2, 0) is 14.4 Å². The van der Waals surface area contributed by atoms with Gasteiger partial charge in [0.25, 0.3) is 5.91 Å². The van der Waals surface area contributed by atoms with Crippen molar-refractivity contribution >= 4 is 75.2 Å². The number of benzene rings is 1. The Morgan fingerprint density at radius 1 is 1.20 bits per heavy atom. The molecule has 0 atom stereocenters. The maximum Gasteiger partial charge on any atom is 0.310 e. The first-order chi connectivity index (χ1) is 14.2. The van der Waals surface area contributed by atoms with Crippen LogP contribution < -0.4 is 0 Å². The molecule has 0 aliphatic carbocycles. The second-order valence-electron chi connectivity index (χ2n) is 6.38. The summed E-state index contributed by atoms with van der Waals surface area (Å²) in [6.07, 6.45) is 1.51. The fourth-order valence-electron chi connectivity index (χ4n) is 2.75. The van der Waals surface area contributed by atoms with Crippen LogP contribution in [0.1, 0.15) is 25.0 Å². The van der Waals surface area contributed by atoms with Gasteiger partial charge in [0.15, 0.2) is 0 Å². The van der Waals surface area contributed by atoms with E-state index in [4.69, 9.17) is 44.9 Å². The van der Waals surface area contributed by atoms with E-state index in [0.717, 1.165) is 17.3 Å². The first-order valence-electron chi connectivity index (χ1n) is 8.78. The highest BCUT2D eigenvalue weighted by Crippen LogP contribution is 2.34. The number of carboxylic acid groups (broad SMARTS) is 1. The van der Waals surface area contributed by atoms with E-state index in [1.165, 1.54) is 4.90 Å².